The second-order valence-electron chi connectivity index (χ2n) is 5.19. The van der Waals surface area contributed by atoms with Gasteiger partial charge in [0.05, 0.1) is 5.69 Å². The van der Waals surface area contributed by atoms with Crippen LogP contribution in [0.4, 0.5) is 0 Å². The number of nitrogens with one attached hydrogen (secondary N) is 1. The number of aliphatic hydroxyl groups excluding tert-OH is 1. The van der Waals surface area contributed by atoms with Crippen molar-refractivity contribution < 1.29 is 5.11 Å². The number of unbranched alkanes of at least 4 members (excludes halogenated alkanes) is 2. The number of aryl methyl sites for hydroxylation is 2. The lowest BCUT2D eigenvalue weighted by atomic mass is 10.2. The lowest BCUT2D eigenvalue weighted by Crippen LogP contribution is -2.22. The molecule has 0 atom stereocenters. The molecule has 2 N–H and O–H groups in total. The molecule has 1 aromatic rings. The molecule has 0 aromatic carbocycles. The van der Waals surface area contributed by atoms with Gasteiger partial charge in [-0.25, -0.2) is 0 Å². The quantitative estimate of drug-likeness (QED) is 0.698. The summed E-state index contributed by atoms with van der Waals surface area (Å²) in [6.45, 7) is 10.7. The molecule has 0 unspecified atom stereocenters. The van der Waals surface area contributed by atoms with E-state index in [4.69, 9.17) is 5.11 Å². The summed E-state index contributed by atoms with van der Waals surface area (Å²) in [4.78, 5) is 0. The van der Waals surface area contributed by atoms with Crippen LogP contribution < -0.4 is 5.32 Å². The van der Waals surface area contributed by atoms with E-state index in [0.29, 0.717) is 12.6 Å². The van der Waals surface area contributed by atoms with Gasteiger partial charge in [-0.2, -0.15) is 5.10 Å². The molecule has 0 radical (unpaired) electrons. The number of hydrogen-bond acceptors (Lipinski definition) is 3. The average molecular weight is 253 g/mol. The Morgan fingerprint density at radius 2 is 1.94 bits per heavy atom. The number of aliphatic hydroxyl groups is 1. The molecular formula is C14H27N3O. The van der Waals surface area contributed by atoms with E-state index in [9.17, 15) is 0 Å². The van der Waals surface area contributed by atoms with Crippen molar-refractivity contribution in [2.45, 2.75) is 66.1 Å². The van der Waals surface area contributed by atoms with Gasteiger partial charge in [-0.1, -0.05) is 13.8 Å². The van der Waals surface area contributed by atoms with Gasteiger partial charge in [-0.05, 0) is 33.1 Å². The molecule has 0 aliphatic carbocycles. The summed E-state index contributed by atoms with van der Waals surface area (Å²) < 4.78 is 2.10. The fourth-order valence-corrected chi connectivity index (χ4v) is 2.06. The lowest BCUT2D eigenvalue weighted by molar-refractivity contribution is 0.281. The van der Waals surface area contributed by atoms with E-state index in [1.165, 1.54) is 11.3 Å². The van der Waals surface area contributed by atoms with Gasteiger partial charge in [0.1, 0.15) is 0 Å². The second kappa shape index (κ2) is 7.54. The maximum Gasteiger partial charge on any atom is 0.0641 e. The highest BCUT2D eigenvalue weighted by molar-refractivity contribution is 5.24. The topological polar surface area (TPSA) is 50.1 Å². The van der Waals surface area contributed by atoms with Crippen molar-refractivity contribution >= 4 is 0 Å². The van der Waals surface area contributed by atoms with E-state index >= 15 is 0 Å². The van der Waals surface area contributed by atoms with Gasteiger partial charge in [0.15, 0.2) is 0 Å². The van der Waals surface area contributed by atoms with Crippen LogP contribution in [-0.4, -0.2) is 27.5 Å². The molecule has 0 spiro atoms. The molecule has 18 heavy (non-hydrogen) atoms. The van der Waals surface area contributed by atoms with Gasteiger partial charge >= 0.3 is 0 Å². The summed E-state index contributed by atoms with van der Waals surface area (Å²) >= 11 is 0. The molecule has 0 fully saturated rings. The molecule has 4 heteroatoms. The molecule has 0 aliphatic heterocycles. The molecule has 0 amide bonds. The van der Waals surface area contributed by atoms with Gasteiger partial charge < -0.3 is 10.4 Å². The molecular weight excluding hydrogens is 226 g/mol. The first kappa shape index (κ1) is 15.2. The smallest absolute Gasteiger partial charge is 0.0641 e. The predicted molar refractivity (Wildman–Crippen MR) is 74.6 cm³/mol. The van der Waals surface area contributed by atoms with Crippen LogP contribution >= 0.6 is 0 Å². The van der Waals surface area contributed by atoms with Gasteiger partial charge in [0.25, 0.3) is 0 Å². The van der Waals surface area contributed by atoms with Crippen molar-refractivity contribution in [3.05, 3.63) is 17.0 Å². The Labute approximate surface area is 110 Å². The van der Waals surface area contributed by atoms with Crippen LogP contribution in [0.25, 0.3) is 0 Å². The first-order chi connectivity index (χ1) is 8.56. The second-order valence-corrected chi connectivity index (χ2v) is 5.19. The van der Waals surface area contributed by atoms with Crippen molar-refractivity contribution in [3.8, 4) is 0 Å². The van der Waals surface area contributed by atoms with E-state index in [0.717, 1.165) is 38.0 Å². The molecule has 1 aromatic heterocycles. The Bertz CT molecular complexity index is 358. The third kappa shape index (κ3) is 4.42. The Balaban J connectivity index is 2.56. The van der Waals surface area contributed by atoms with E-state index in [2.05, 4.69) is 42.8 Å². The SMILES string of the molecule is Cc1nn(CCCCCO)c(C)c1CNC(C)C. The van der Waals surface area contributed by atoms with Crippen LogP contribution in [0.2, 0.25) is 0 Å². The van der Waals surface area contributed by atoms with E-state index in [1.54, 1.807) is 0 Å². The zero-order valence-electron chi connectivity index (χ0n) is 12.2. The Morgan fingerprint density at radius 3 is 2.56 bits per heavy atom. The largest absolute Gasteiger partial charge is 0.396 e. The summed E-state index contributed by atoms with van der Waals surface area (Å²) in [6, 6.07) is 0.497. The van der Waals surface area contributed by atoms with E-state index < -0.39 is 0 Å². The minimum atomic E-state index is 0.292. The van der Waals surface area contributed by atoms with E-state index in [1.807, 2.05) is 0 Å². The van der Waals surface area contributed by atoms with Crippen molar-refractivity contribution in [1.29, 1.82) is 0 Å². The van der Waals surface area contributed by atoms with Crippen molar-refractivity contribution in [2.24, 2.45) is 0 Å². The van der Waals surface area contributed by atoms with E-state index in [-0.39, 0.29) is 0 Å². The number of nitrogens with zero attached hydrogens (tertiary/aromatic N) is 2. The zero-order valence-corrected chi connectivity index (χ0v) is 12.2. The Kier molecular flexibility index (Phi) is 6.36. The zero-order chi connectivity index (χ0) is 13.5. The minimum absolute atomic E-state index is 0.292. The Hall–Kier alpha value is -0.870. The van der Waals surface area contributed by atoms with Crippen LogP contribution in [0.1, 0.15) is 50.1 Å². The summed E-state index contributed by atoms with van der Waals surface area (Å²) in [7, 11) is 0. The average Bonchev–Trinajstić information content (AvgIpc) is 2.58. The standard InChI is InChI=1S/C14H27N3O/c1-11(2)15-10-14-12(3)16-17(13(14)4)8-6-5-7-9-18/h11,15,18H,5-10H2,1-4H3. The van der Waals surface area contributed by atoms with Crippen molar-refractivity contribution in [2.75, 3.05) is 6.61 Å². The fraction of sp³-hybridized carbons (Fsp3) is 0.786. The summed E-state index contributed by atoms with van der Waals surface area (Å²) in [5.74, 6) is 0. The highest BCUT2D eigenvalue weighted by atomic mass is 16.2. The molecule has 0 saturated carbocycles. The summed E-state index contributed by atoms with van der Waals surface area (Å²) in [6.07, 6.45) is 3.04. The molecule has 1 rings (SSSR count). The fourth-order valence-electron chi connectivity index (χ4n) is 2.06. The molecule has 0 saturated heterocycles. The summed E-state index contributed by atoms with van der Waals surface area (Å²) in [5, 5.41) is 16.8. The first-order valence-corrected chi connectivity index (χ1v) is 6.93. The molecule has 0 bridgehead atoms. The van der Waals surface area contributed by atoms with Gasteiger partial charge in [-0.15, -0.1) is 0 Å². The number of aromatic nitrogens is 2. The minimum Gasteiger partial charge on any atom is -0.396 e. The normalized spacial score (nSPS) is 11.4. The van der Waals surface area contributed by atoms with Gasteiger partial charge in [-0.3, -0.25) is 4.68 Å². The van der Waals surface area contributed by atoms with Crippen LogP contribution in [0, 0.1) is 13.8 Å². The first-order valence-electron chi connectivity index (χ1n) is 6.93. The third-order valence-corrected chi connectivity index (χ3v) is 3.25. The molecule has 0 aliphatic rings. The third-order valence-electron chi connectivity index (χ3n) is 3.25. The molecule has 104 valence electrons. The van der Waals surface area contributed by atoms with Crippen LogP contribution in [-0.2, 0) is 13.1 Å². The predicted octanol–water partition coefficient (Wildman–Crippen LogP) is 2.16. The van der Waals surface area contributed by atoms with Crippen LogP contribution in [0.15, 0.2) is 0 Å². The Morgan fingerprint density at radius 1 is 1.22 bits per heavy atom. The monoisotopic (exact) mass is 253 g/mol. The summed E-state index contributed by atoms with van der Waals surface area (Å²) in [5.41, 5.74) is 3.72. The van der Waals surface area contributed by atoms with Gasteiger partial charge in [0, 0.05) is 37.0 Å². The molecule has 1 heterocycles. The van der Waals surface area contributed by atoms with Crippen molar-refractivity contribution in [3.63, 3.8) is 0 Å². The highest BCUT2D eigenvalue weighted by Crippen LogP contribution is 2.14. The number of rotatable bonds is 8. The van der Waals surface area contributed by atoms with Crippen LogP contribution in [0.5, 0.6) is 0 Å². The number of hydrogen-bond donors (Lipinski definition) is 2. The lowest BCUT2D eigenvalue weighted by Gasteiger charge is -2.09. The molecule has 4 nitrogen and oxygen atoms in total. The van der Waals surface area contributed by atoms with Gasteiger partial charge in [0.2, 0.25) is 0 Å². The van der Waals surface area contributed by atoms with Crippen LogP contribution in [0.3, 0.4) is 0 Å². The maximum absolute atomic E-state index is 8.76. The highest BCUT2D eigenvalue weighted by Gasteiger charge is 2.11. The van der Waals surface area contributed by atoms with Crippen molar-refractivity contribution in [1.82, 2.24) is 15.1 Å². The maximum atomic E-state index is 8.76.